The zero-order valence-electron chi connectivity index (χ0n) is 13.7. The van der Waals surface area contributed by atoms with Gasteiger partial charge in [0.05, 0.1) is 24.8 Å². The third-order valence-electron chi connectivity index (χ3n) is 3.79. The van der Waals surface area contributed by atoms with Crippen LogP contribution in [0, 0.1) is 0 Å². The molecule has 0 aliphatic carbocycles. The van der Waals surface area contributed by atoms with Crippen LogP contribution < -0.4 is 20.5 Å². The van der Waals surface area contributed by atoms with Gasteiger partial charge in [-0.1, -0.05) is 6.07 Å². The lowest BCUT2D eigenvalue weighted by molar-refractivity contribution is -0.121. The molecule has 1 aromatic carbocycles. The highest BCUT2D eigenvalue weighted by molar-refractivity contribution is 9.10. The molecule has 1 unspecified atom stereocenters. The van der Waals surface area contributed by atoms with Crippen LogP contribution in [0.4, 0.5) is 5.69 Å². The quantitative estimate of drug-likeness (QED) is 0.562. The molecule has 3 amide bonds. The minimum absolute atomic E-state index is 0.0624. The lowest BCUT2D eigenvalue weighted by Gasteiger charge is -2.16. The van der Waals surface area contributed by atoms with Gasteiger partial charge in [0.25, 0.3) is 11.8 Å². The third kappa shape index (κ3) is 3.73. The predicted molar refractivity (Wildman–Crippen MR) is 96.4 cm³/mol. The van der Waals surface area contributed by atoms with E-state index in [0.29, 0.717) is 21.5 Å². The number of amides is 3. The number of rotatable bonds is 5. The Bertz CT molecular complexity index is 873. The molecule has 2 N–H and O–H groups in total. The summed E-state index contributed by atoms with van der Waals surface area (Å²) in [7, 11) is 1.50. The number of hydrogen-bond donors (Lipinski definition) is 2. The summed E-state index contributed by atoms with van der Waals surface area (Å²) in [5.74, 6) is -0.733. The highest BCUT2D eigenvalue weighted by Crippen LogP contribution is 2.26. The van der Waals surface area contributed by atoms with E-state index >= 15 is 0 Å². The number of halogens is 1. The smallest absolute Gasteiger partial charge is 0.266 e. The average Bonchev–Trinajstić information content (AvgIpc) is 2.93. The number of anilines is 1. The Morgan fingerprint density at radius 3 is 2.85 bits per heavy atom. The van der Waals surface area contributed by atoms with Gasteiger partial charge in [0.1, 0.15) is 11.8 Å². The topological polar surface area (TPSA) is 101 Å². The molecule has 1 aliphatic rings. The van der Waals surface area contributed by atoms with E-state index in [1.54, 1.807) is 36.5 Å². The molecular weight excluding hydrogens is 404 g/mol. The lowest BCUT2D eigenvalue weighted by Crippen LogP contribution is -2.48. The minimum Gasteiger partial charge on any atom is -0.497 e. The largest absolute Gasteiger partial charge is 0.497 e. The Hall–Kier alpha value is -2.78. The first-order valence-electron chi connectivity index (χ1n) is 7.67. The van der Waals surface area contributed by atoms with Gasteiger partial charge in [0.2, 0.25) is 5.91 Å². The van der Waals surface area contributed by atoms with Crippen LogP contribution in [0.2, 0.25) is 0 Å². The maximum atomic E-state index is 12.5. The van der Waals surface area contributed by atoms with Crippen LogP contribution in [0.3, 0.4) is 0 Å². The molecule has 0 radical (unpaired) electrons. The number of hydrazine groups is 1. The molecule has 2 aromatic rings. The molecule has 9 heteroatoms. The van der Waals surface area contributed by atoms with Crippen LogP contribution in [-0.2, 0) is 9.59 Å². The Balaban J connectivity index is 1.68. The van der Waals surface area contributed by atoms with Gasteiger partial charge < -0.3 is 4.74 Å². The van der Waals surface area contributed by atoms with Gasteiger partial charge >= 0.3 is 0 Å². The van der Waals surface area contributed by atoms with Crippen LogP contribution in [0.1, 0.15) is 16.8 Å². The van der Waals surface area contributed by atoms with Crippen LogP contribution in [-0.4, -0.2) is 35.9 Å². The second-order valence-electron chi connectivity index (χ2n) is 5.52. The van der Waals surface area contributed by atoms with Crippen molar-refractivity contribution in [2.75, 3.05) is 12.0 Å². The van der Waals surface area contributed by atoms with Crippen LogP contribution in [0.5, 0.6) is 5.75 Å². The molecule has 134 valence electrons. The lowest BCUT2D eigenvalue weighted by atomic mass is 10.2. The summed E-state index contributed by atoms with van der Waals surface area (Å²) >= 11 is 3.23. The molecule has 1 atom stereocenters. The third-order valence-corrected chi connectivity index (χ3v) is 4.22. The van der Waals surface area contributed by atoms with Crippen molar-refractivity contribution in [3.05, 3.63) is 52.8 Å². The number of benzene rings is 1. The Labute approximate surface area is 157 Å². The molecule has 1 aliphatic heterocycles. The normalized spacial score (nSPS) is 16.7. The molecule has 0 bridgehead atoms. The number of methoxy groups -OCH3 is 1. The second kappa shape index (κ2) is 7.63. The van der Waals surface area contributed by atoms with Crippen LogP contribution >= 0.6 is 15.9 Å². The second-order valence-corrected chi connectivity index (χ2v) is 6.43. The molecule has 0 saturated carbocycles. The molecule has 0 spiro atoms. The number of imide groups is 1. The Morgan fingerprint density at radius 1 is 1.31 bits per heavy atom. The van der Waals surface area contributed by atoms with Gasteiger partial charge in [-0.15, -0.1) is 0 Å². The van der Waals surface area contributed by atoms with Gasteiger partial charge in [0, 0.05) is 22.9 Å². The number of carbonyl (C=O) groups is 3. The monoisotopic (exact) mass is 418 g/mol. The van der Waals surface area contributed by atoms with Gasteiger partial charge in [-0.2, -0.15) is 0 Å². The molecule has 1 aromatic heterocycles. The fourth-order valence-electron chi connectivity index (χ4n) is 2.53. The molecular formula is C17H15BrN4O4. The summed E-state index contributed by atoms with van der Waals surface area (Å²) in [5.41, 5.74) is 5.80. The zero-order valence-corrected chi connectivity index (χ0v) is 15.3. The van der Waals surface area contributed by atoms with Crippen molar-refractivity contribution >= 4 is 39.3 Å². The fraction of sp³-hybridized carbons (Fsp3) is 0.176. The van der Waals surface area contributed by atoms with Gasteiger partial charge in [-0.05, 0) is 34.1 Å². The standard InChI is InChI=1S/C17H15BrN4O4/c1-26-13-4-2-3-12(6-13)22-15(23)7-14(17(22)25)20-21-16(24)10-5-11(18)9-19-8-10/h2-6,8-9,14,20H,7H2,1H3,(H,21,24). The number of pyridine rings is 1. The molecule has 8 nitrogen and oxygen atoms in total. The molecule has 1 fully saturated rings. The summed E-state index contributed by atoms with van der Waals surface area (Å²) < 4.78 is 5.77. The fourth-order valence-corrected chi connectivity index (χ4v) is 2.89. The average molecular weight is 419 g/mol. The van der Waals surface area contributed by atoms with Crippen molar-refractivity contribution < 1.29 is 19.1 Å². The van der Waals surface area contributed by atoms with Crippen molar-refractivity contribution in [3.8, 4) is 5.75 Å². The first-order chi connectivity index (χ1) is 12.5. The number of nitrogens with one attached hydrogen (secondary N) is 2. The van der Waals surface area contributed by atoms with Crippen molar-refractivity contribution in [1.29, 1.82) is 0 Å². The molecule has 1 saturated heterocycles. The highest BCUT2D eigenvalue weighted by Gasteiger charge is 2.39. The summed E-state index contributed by atoms with van der Waals surface area (Å²) in [5, 5.41) is 0. The number of nitrogens with zero attached hydrogens (tertiary/aromatic N) is 2. The SMILES string of the molecule is COc1cccc(N2C(=O)CC(NNC(=O)c3cncc(Br)c3)C2=O)c1. The Kier molecular flexibility index (Phi) is 5.29. The van der Waals surface area contributed by atoms with Gasteiger partial charge in [-0.25, -0.2) is 10.3 Å². The maximum absolute atomic E-state index is 12.5. The number of aromatic nitrogens is 1. The molecule has 2 heterocycles. The van der Waals surface area contributed by atoms with E-state index in [2.05, 4.69) is 31.8 Å². The van der Waals surface area contributed by atoms with Gasteiger partial charge in [-0.3, -0.25) is 24.8 Å². The predicted octanol–water partition coefficient (Wildman–Crippen LogP) is 1.42. The van der Waals surface area contributed by atoms with E-state index in [4.69, 9.17) is 4.74 Å². The maximum Gasteiger partial charge on any atom is 0.266 e. The number of ether oxygens (including phenoxy) is 1. The highest BCUT2D eigenvalue weighted by atomic mass is 79.9. The van der Waals surface area contributed by atoms with E-state index in [-0.39, 0.29) is 12.3 Å². The number of carbonyl (C=O) groups excluding carboxylic acids is 3. The van der Waals surface area contributed by atoms with E-state index in [1.807, 2.05) is 0 Å². The minimum atomic E-state index is -0.849. The van der Waals surface area contributed by atoms with Crippen LogP contribution in [0.25, 0.3) is 0 Å². The summed E-state index contributed by atoms with van der Waals surface area (Å²) in [6.07, 6.45) is 2.88. The molecule has 3 rings (SSSR count). The van der Waals surface area contributed by atoms with Crippen molar-refractivity contribution in [3.63, 3.8) is 0 Å². The first-order valence-corrected chi connectivity index (χ1v) is 8.46. The van der Waals surface area contributed by atoms with E-state index in [1.165, 1.54) is 13.3 Å². The summed E-state index contributed by atoms with van der Waals surface area (Å²) in [6, 6.07) is 7.40. The van der Waals surface area contributed by atoms with E-state index in [9.17, 15) is 14.4 Å². The van der Waals surface area contributed by atoms with Crippen molar-refractivity contribution in [2.45, 2.75) is 12.5 Å². The number of hydrogen-bond acceptors (Lipinski definition) is 6. The van der Waals surface area contributed by atoms with Crippen LogP contribution in [0.15, 0.2) is 47.2 Å². The summed E-state index contributed by atoms with van der Waals surface area (Å²) in [6.45, 7) is 0. The molecule has 26 heavy (non-hydrogen) atoms. The van der Waals surface area contributed by atoms with Crippen molar-refractivity contribution in [2.24, 2.45) is 0 Å². The summed E-state index contributed by atoms with van der Waals surface area (Å²) in [4.78, 5) is 41.9. The zero-order chi connectivity index (χ0) is 18.7. The van der Waals surface area contributed by atoms with Crippen molar-refractivity contribution in [1.82, 2.24) is 15.8 Å². The van der Waals surface area contributed by atoms with E-state index in [0.717, 1.165) is 4.90 Å². The van der Waals surface area contributed by atoms with E-state index < -0.39 is 17.9 Å². The van der Waals surface area contributed by atoms with Gasteiger partial charge in [0.15, 0.2) is 0 Å². The Morgan fingerprint density at radius 2 is 2.12 bits per heavy atom. The first kappa shape index (κ1) is 18.0.